The van der Waals surface area contributed by atoms with Crippen molar-refractivity contribution >= 4 is 44.0 Å². The average molecular weight is 855 g/mol. The molecule has 0 spiro atoms. The van der Waals surface area contributed by atoms with Gasteiger partial charge in [0.2, 0.25) is 11.8 Å². The summed E-state index contributed by atoms with van der Waals surface area (Å²) in [5.41, 5.74) is 0.584. The number of nitrogens with zero attached hydrogens (tertiary/aromatic N) is 2. The summed E-state index contributed by atoms with van der Waals surface area (Å²) in [7, 11) is 1.41. The number of nitrogens with one attached hydrogen (secondary N) is 2. The van der Waals surface area contributed by atoms with Crippen molar-refractivity contribution in [3.8, 4) is 5.75 Å². The summed E-state index contributed by atoms with van der Waals surface area (Å²) < 4.78 is 27.6. The second kappa shape index (κ2) is 22.5. The molecule has 0 aromatic heterocycles. The molecule has 15 nitrogen and oxygen atoms in total. The number of carbonyl (C=O) groups is 6. The first-order valence-corrected chi connectivity index (χ1v) is 24.3. The number of amides is 4. The summed E-state index contributed by atoms with van der Waals surface area (Å²) in [6, 6.07) is 12.2. The van der Waals surface area contributed by atoms with E-state index in [2.05, 4.69) is 30.3 Å². The highest BCUT2D eigenvalue weighted by Gasteiger charge is 2.43. The van der Waals surface area contributed by atoms with Crippen LogP contribution in [0.25, 0.3) is 0 Å². The number of carbonyl (C=O) groups excluding carboxylic acids is 6. The second-order valence-corrected chi connectivity index (χ2v) is 23.5. The minimum Gasteiger partial charge on any atom is -0.497 e. The topological polar surface area (TPSA) is 179 Å². The maximum Gasteiger partial charge on any atom is 0.408 e. The zero-order valence-electron chi connectivity index (χ0n) is 37.2. The summed E-state index contributed by atoms with van der Waals surface area (Å²) in [6.45, 7) is 17.1. The van der Waals surface area contributed by atoms with Crippen LogP contribution >= 0.6 is 0 Å². The van der Waals surface area contributed by atoms with Crippen LogP contribution in [0.15, 0.2) is 54.6 Å². The van der Waals surface area contributed by atoms with Crippen molar-refractivity contribution in [2.24, 2.45) is 5.92 Å². The smallest absolute Gasteiger partial charge is 0.408 e. The van der Waals surface area contributed by atoms with Gasteiger partial charge in [-0.15, -0.1) is 0 Å². The zero-order valence-corrected chi connectivity index (χ0v) is 38.2. The molecule has 60 heavy (non-hydrogen) atoms. The molecule has 1 unspecified atom stereocenters. The lowest BCUT2D eigenvalue weighted by atomic mass is 10.0. The van der Waals surface area contributed by atoms with E-state index in [-0.39, 0.29) is 32.1 Å². The van der Waals surface area contributed by atoms with Gasteiger partial charge in [0.05, 0.1) is 13.7 Å². The van der Waals surface area contributed by atoms with Gasteiger partial charge in [-0.2, -0.15) is 0 Å². The van der Waals surface area contributed by atoms with E-state index in [0.29, 0.717) is 36.6 Å². The molecule has 1 aliphatic rings. The number of hydrogen-bond donors (Lipinski definition) is 2. The first-order chi connectivity index (χ1) is 28.1. The SMILES string of the molecule is COc1ccc(C[C@@H](C(=O)O[C@H](C)[C@H](NC(=O)OC(C)(C)C)C(=O)OCC[Si](C)(C)C)N(C)C(=O)C2CCCN2C(=O)[C@H](CC(C)C)NC(=O)OCc2ccccc2)cc1. The summed E-state index contributed by atoms with van der Waals surface area (Å²) in [4.78, 5) is 84.9. The highest BCUT2D eigenvalue weighted by Crippen LogP contribution is 2.25. The van der Waals surface area contributed by atoms with Crippen LogP contribution < -0.4 is 15.4 Å². The molecule has 5 atom stereocenters. The van der Waals surface area contributed by atoms with Crippen molar-refractivity contribution in [3.05, 3.63) is 65.7 Å². The number of benzene rings is 2. The van der Waals surface area contributed by atoms with Crippen molar-refractivity contribution < 1.29 is 52.5 Å². The highest BCUT2D eigenvalue weighted by atomic mass is 28.3. The van der Waals surface area contributed by atoms with Crippen LogP contribution in [-0.2, 0) is 51.2 Å². The van der Waals surface area contributed by atoms with Gasteiger partial charge in [-0.05, 0) is 82.2 Å². The average Bonchev–Trinajstić information content (AvgIpc) is 3.66. The summed E-state index contributed by atoms with van der Waals surface area (Å²) in [5, 5.41) is 5.23. The Bertz CT molecular complexity index is 1740. The molecule has 2 aromatic carbocycles. The van der Waals surface area contributed by atoms with Gasteiger partial charge < -0.3 is 44.1 Å². The fourth-order valence-corrected chi connectivity index (χ4v) is 7.23. The number of hydrogen-bond acceptors (Lipinski definition) is 11. The number of ether oxygens (including phenoxy) is 5. The Kier molecular flexibility index (Phi) is 18.4. The normalized spacial score (nSPS) is 16.1. The monoisotopic (exact) mass is 854 g/mol. The van der Waals surface area contributed by atoms with E-state index in [1.807, 2.05) is 44.2 Å². The Morgan fingerprint density at radius 1 is 0.867 bits per heavy atom. The fraction of sp³-hybridized carbons (Fsp3) is 0.591. The molecule has 1 saturated heterocycles. The molecule has 0 radical (unpaired) electrons. The molecule has 1 fully saturated rings. The Balaban J connectivity index is 1.87. The minimum atomic E-state index is -1.59. The van der Waals surface area contributed by atoms with E-state index < -0.39 is 79.9 Å². The standard InChI is InChI=1S/C44H66N4O11Si/c1-29(2)26-34(45-42(53)57-28-32-16-13-12-14-17-32)38(49)48-23-15-18-35(48)39(50)47(7)36(27-31-19-21-33(55-8)22-20-31)40(51)58-30(3)37(46-43(54)59-44(4,5)6)41(52)56-24-25-60(9,10)11/h12-14,16-17,19-22,29-30,34-37H,15,18,23-28H2,1-11H3,(H,45,53)(H,46,54)/t30-,34+,35?,36+,37+/m1/s1. The van der Waals surface area contributed by atoms with E-state index in [4.69, 9.17) is 23.7 Å². The Morgan fingerprint density at radius 2 is 1.52 bits per heavy atom. The van der Waals surface area contributed by atoms with Crippen LogP contribution in [0.4, 0.5) is 9.59 Å². The van der Waals surface area contributed by atoms with Gasteiger partial charge in [0.25, 0.3) is 0 Å². The molecular formula is C44H66N4O11Si. The third-order valence-electron chi connectivity index (χ3n) is 9.80. The van der Waals surface area contributed by atoms with Crippen molar-refractivity contribution in [1.29, 1.82) is 0 Å². The van der Waals surface area contributed by atoms with Gasteiger partial charge in [-0.1, -0.05) is 76.0 Å². The van der Waals surface area contributed by atoms with Crippen LogP contribution in [0.5, 0.6) is 5.75 Å². The molecule has 2 N–H and O–H groups in total. The van der Waals surface area contributed by atoms with Crippen molar-refractivity contribution in [2.75, 3.05) is 27.3 Å². The first-order valence-electron chi connectivity index (χ1n) is 20.6. The lowest BCUT2D eigenvalue weighted by Crippen LogP contribution is -2.57. The predicted molar refractivity (Wildman–Crippen MR) is 229 cm³/mol. The molecule has 1 aliphatic heterocycles. The van der Waals surface area contributed by atoms with E-state index in [1.54, 1.807) is 45.0 Å². The molecular weight excluding hydrogens is 789 g/mol. The maximum atomic E-state index is 14.5. The van der Waals surface area contributed by atoms with Crippen molar-refractivity contribution in [1.82, 2.24) is 20.4 Å². The van der Waals surface area contributed by atoms with Gasteiger partial charge >= 0.3 is 24.1 Å². The van der Waals surface area contributed by atoms with Gasteiger partial charge in [-0.25, -0.2) is 19.2 Å². The van der Waals surface area contributed by atoms with E-state index >= 15 is 0 Å². The molecule has 0 bridgehead atoms. The summed E-state index contributed by atoms with van der Waals surface area (Å²) in [5.74, 6) is -1.98. The Morgan fingerprint density at radius 3 is 2.10 bits per heavy atom. The third-order valence-corrected chi connectivity index (χ3v) is 11.5. The summed E-state index contributed by atoms with van der Waals surface area (Å²) >= 11 is 0. The van der Waals surface area contributed by atoms with Crippen molar-refractivity contribution in [3.63, 3.8) is 0 Å². The van der Waals surface area contributed by atoms with Gasteiger partial charge in [0.15, 0.2) is 6.04 Å². The highest BCUT2D eigenvalue weighted by molar-refractivity contribution is 6.76. The zero-order chi connectivity index (χ0) is 44.8. The number of likely N-dealkylation sites (N-methyl/N-ethyl adjacent to an activating group) is 1. The number of alkyl carbamates (subject to hydrolysis) is 2. The number of rotatable bonds is 19. The molecule has 0 aliphatic carbocycles. The molecule has 2 aromatic rings. The molecule has 332 valence electrons. The fourth-order valence-electron chi connectivity index (χ4n) is 6.52. The lowest BCUT2D eigenvalue weighted by Gasteiger charge is -2.34. The number of likely N-dealkylation sites (tertiary alicyclic amines) is 1. The Hall–Kier alpha value is -5.12. The van der Waals surface area contributed by atoms with Gasteiger partial charge in [0, 0.05) is 28.1 Å². The molecule has 4 amide bonds. The van der Waals surface area contributed by atoms with Crippen LogP contribution in [0.1, 0.15) is 71.9 Å². The van der Waals surface area contributed by atoms with Crippen LogP contribution in [-0.4, -0.2) is 117 Å². The van der Waals surface area contributed by atoms with E-state index in [0.717, 1.165) is 5.56 Å². The van der Waals surface area contributed by atoms with E-state index in [9.17, 15) is 28.8 Å². The third kappa shape index (κ3) is 16.1. The predicted octanol–water partition coefficient (Wildman–Crippen LogP) is 6.10. The second-order valence-electron chi connectivity index (χ2n) is 17.8. The van der Waals surface area contributed by atoms with Crippen LogP contribution in [0.2, 0.25) is 25.7 Å². The van der Waals surface area contributed by atoms with Gasteiger partial charge in [-0.3, -0.25) is 9.59 Å². The Labute approximate surface area is 356 Å². The molecule has 3 rings (SSSR count). The first kappa shape index (κ1) is 49.2. The van der Waals surface area contributed by atoms with E-state index in [1.165, 1.54) is 30.9 Å². The van der Waals surface area contributed by atoms with Crippen molar-refractivity contribution in [2.45, 2.75) is 135 Å². The van der Waals surface area contributed by atoms with Gasteiger partial charge in [0.1, 0.15) is 42.2 Å². The summed E-state index contributed by atoms with van der Waals surface area (Å²) in [6.07, 6.45) is -1.75. The maximum absolute atomic E-state index is 14.5. The van der Waals surface area contributed by atoms with Crippen LogP contribution in [0.3, 0.4) is 0 Å². The molecule has 0 saturated carbocycles. The largest absolute Gasteiger partial charge is 0.497 e. The lowest BCUT2D eigenvalue weighted by molar-refractivity contribution is -0.164. The quantitative estimate of drug-likeness (QED) is 0.0948. The number of esters is 2. The minimum absolute atomic E-state index is 0.00799. The molecule has 16 heteroatoms. The van der Waals surface area contributed by atoms with Crippen LogP contribution in [0, 0.1) is 5.92 Å². The number of methoxy groups -OCH3 is 1. The molecule has 1 heterocycles.